The maximum Gasteiger partial charge on any atom is 0.160 e. The van der Waals surface area contributed by atoms with Crippen molar-refractivity contribution in [1.29, 1.82) is 0 Å². The van der Waals surface area contributed by atoms with Gasteiger partial charge in [-0.05, 0) is 42.3 Å². The first-order valence-corrected chi connectivity index (χ1v) is 9.61. The number of rotatable bonds is 8. The molecular weight excluding hydrogens is 376 g/mol. The fourth-order valence-electron chi connectivity index (χ4n) is 3.87. The Morgan fingerprint density at radius 1 is 0.931 bits per heavy atom. The van der Waals surface area contributed by atoms with Gasteiger partial charge in [-0.3, -0.25) is 0 Å². The maximum absolute atomic E-state index is 11.1. The van der Waals surface area contributed by atoms with Crippen molar-refractivity contribution in [3.63, 3.8) is 0 Å². The fraction of sp³-hybridized carbons (Fsp3) is 0.455. The summed E-state index contributed by atoms with van der Waals surface area (Å²) in [5.41, 5.74) is 1.48. The number of ether oxygens (including phenoxy) is 4. The van der Waals surface area contributed by atoms with E-state index >= 15 is 0 Å². The topological polar surface area (TPSA) is 97.6 Å². The largest absolute Gasteiger partial charge is 0.504 e. The van der Waals surface area contributed by atoms with E-state index in [9.17, 15) is 15.3 Å². The first-order chi connectivity index (χ1) is 14.0. The molecule has 1 saturated heterocycles. The van der Waals surface area contributed by atoms with Gasteiger partial charge in [0.25, 0.3) is 0 Å². The van der Waals surface area contributed by atoms with E-state index in [4.69, 9.17) is 18.9 Å². The lowest BCUT2D eigenvalue weighted by Crippen LogP contribution is -2.28. The molecule has 2 unspecified atom stereocenters. The second-order valence-electron chi connectivity index (χ2n) is 7.05. The smallest absolute Gasteiger partial charge is 0.160 e. The molecule has 0 aromatic heterocycles. The molecule has 0 spiro atoms. The molecule has 1 aliphatic heterocycles. The highest BCUT2D eigenvalue weighted by atomic mass is 16.5. The molecule has 1 heterocycles. The summed E-state index contributed by atoms with van der Waals surface area (Å²) in [4.78, 5) is 0. The lowest BCUT2D eigenvalue weighted by Gasteiger charge is -2.30. The first-order valence-electron chi connectivity index (χ1n) is 9.61. The van der Waals surface area contributed by atoms with Gasteiger partial charge in [0.05, 0.1) is 39.6 Å². The summed E-state index contributed by atoms with van der Waals surface area (Å²) in [5.74, 6) is 0.417. The number of benzene rings is 2. The van der Waals surface area contributed by atoms with Gasteiger partial charge in [-0.25, -0.2) is 0 Å². The fourth-order valence-corrected chi connectivity index (χ4v) is 3.87. The third kappa shape index (κ3) is 4.42. The van der Waals surface area contributed by atoms with E-state index in [1.165, 1.54) is 20.3 Å². The van der Waals surface area contributed by atoms with E-state index in [0.717, 1.165) is 5.56 Å². The third-order valence-corrected chi connectivity index (χ3v) is 5.39. The summed E-state index contributed by atoms with van der Waals surface area (Å²) >= 11 is 0. The molecule has 3 N–H and O–H groups in total. The minimum Gasteiger partial charge on any atom is -0.504 e. The van der Waals surface area contributed by atoms with E-state index in [1.807, 2.05) is 6.92 Å². The average molecular weight is 404 g/mol. The van der Waals surface area contributed by atoms with Crippen LogP contribution >= 0.6 is 0 Å². The molecule has 0 saturated carbocycles. The van der Waals surface area contributed by atoms with Crippen LogP contribution in [0.2, 0.25) is 0 Å². The molecule has 0 radical (unpaired) electrons. The van der Waals surface area contributed by atoms with Gasteiger partial charge < -0.3 is 34.3 Å². The Hall–Kier alpha value is -2.48. The van der Waals surface area contributed by atoms with Crippen LogP contribution in [-0.4, -0.2) is 49.4 Å². The highest BCUT2D eigenvalue weighted by Gasteiger charge is 2.41. The predicted molar refractivity (Wildman–Crippen MR) is 106 cm³/mol. The number of phenolic OH excluding ortho intramolecular Hbond substituents is 2. The summed E-state index contributed by atoms with van der Waals surface area (Å²) in [7, 11) is 2.97. The number of methoxy groups -OCH3 is 2. The lowest BCUT2D eigenvalue weighted by molar-refractivity contribution is -0.0179. The monoisotopic (exact) mass is 404 g/mol. The van der Waals surface area contributed by atoms with E-state index in [0.29, 0.717) is 36.9 Å². The van der Waals surface area contributed by atoms with Crippen LogP contribution in [0.5, 0.6) is 23.0 Å². The standard InChI is InChI=1S/C22H28O7/c1-4-29-22(14-6-8-18(24)20(10-14)27-3)16-12-28-11-15(16)21(25)13-5-7-17(23)19(9-13)26-2/h5-10,15-16,21-25H,4,11-12H2,1-3H3/t15-,16-,21?,22?/m0/s1. The van der Waals surface area contributed by atoms with Crippen LogP contribution in [0.25, 0.3) is 0 Å². The summed E-state index contributed by atoms with van der Waals surface area (Å²) in [6, 6.07) is 9.94. The van der Waals surface area contributed by atoms with Gasteiger partial charge in [-0.2, -0.15) is 0 Å². The molecule has 7 nitrogen and oxygen atoms in total. The molecule has 7 heteroatoms. The van der Waals surface area contributed by atoms with E-state index in [2.05, 4.69) is 0 Å². The SMILES string of the molecule is CCOC(c1ccc(O)c(OC)c1)[C@H]1COC[C@@H]1C(O)c1ccc(O)c(OC)c1. The molecule has 1 fully saturated rings. The number of aliphatic hydroxyl groups is 1. The Kier molecular flexibility index (Phi) is 6.84. The summed E-state index contributed by atoms with van der Waals surface area (Å²) in [5, 5.41) is 30.8. The average Bonchev–Trinajstić information content (AvgIpc) is 3.22. The number of aromatic hydroxyl groups is 2. The van der Waals surface area contributed by atoms with Gasteiger partial charge in [0.2, 0.25) is 0 Å². The van der Waals surface area contributed by atoms with Gasteiger partial charge in [0.1, 0.15) is 0 Å². The van der Waals surface area contributed by atoms with Gasteiger partial charge in [0.15, 0.2) is 23.0 Å². The molecular formula is C22H28O7. The van der Waals surface area contributed by atoms with E-state index in [-0.39, 0.29) is 29.4 Å². The van der Waals surface area contributed by atoms with Crippen molar-refractivity contribution >= 4 is 0 Å². The highest BCUT2D eigenvalue weighted by molar-refractivity contribution is 5.44. The van der Waals surface area contributed by atoms with Crippen molar-refractivity contribution in [2.45, 2.75) is 19.1 Å². The van der Waals surface area contributed by atoms with Crippen molar-refractivity contribution in [3.8, 4) is 23.0 Å². The number of phenols is 2. The van der Waals surface area contributed by atoms with Crippen molar-refractivity contribution in [2.75, 3.05) is 34.0 Å². The zero-order chi connectivity index (χ0) is 21.0. The minimum absolute atomic E-state index is 0.0195. The van der Waals surface area contributed by atoms with E-state index < -0.39 is 6.10 Å². The normalized spacial score (nSPS) is 21.0. The van der Waals surface area contributed by atoms with Crippen LogP contribution in [0, 0.1) is 11.8 Å². The van der Waals surface area contributed by atoms with Gasteiger partial charge in [0, 0.05) is 18.4 Å². The second-order valence-corrected chi connectivity index (χ2v) is 7.05. The number of hydrogen-bond donors (Lipinski definition) is 3. The van der Waals surface area contributed by atoms with Crippen LogP contribution in [0.3, 0.4) is 0 Å². The van der Waals surface area contributed by atoms with Crippen molar-refractivity contribution in [2.24, 2.45) is 11.8 Å². The van der Waals surface area contributed by atoms with Crippen LogP contribution in [0.4, 0.5) is 0 Å². The van der Waals surface area contributed by atoms with Gasteiger partial charge in [-0.15, -0.1) is 0 Å². The van der Waals surface area contributed by atoms with Crippen LogP contribution < -0.4 is 9.47 Å². The molecule has 0 bridgehead atoms. The maximum atomic E-state index is 11.1. The van der Waals surface area contributed by atoms with Crippen LogP contribution in [-0.2, 0) is 9.47 Å². The summed E-state index contributed by atoms with van der Waals surface area (Å²) < 4.78 is 22.2. The molecule has 29 heavy (non-hydrogen) atoms. The molecule has 1 aliphatic rings. The van der Waals surface area contributed by atoms with Crippen molar-refractivity contribution < 1.29 is 34.3 Å². The Morgan fingerprint density at radius 3 is 2.07 bits per heavy atom. The third-order valence-electron chi connectivity index (χ3n) is 5.39. The molecule has 2 aromatic rings. The zero-order valence-corrected chi connectivity index (χ0v) is 16.9. The predicted octanol–water partition coefficient (Wildman–Crippen LogP) is 3.19. The van der Waals surface area contributed by atoms with Gasteiger partial charge in [-0.1, -0.05) is 12.1 Å². The molecule has 158 valence electrons. The Morgan fingerprint density at radius 2 is 1.48 bits per heavy atom. The summed E-state index contributed by atoms with van der Waals surface area (Å²) in [6.07, 6.45) is -1.16. The van der Waals surface area contributed by atoms with E-state index in [1.54, 1.807) is 30.3 Å². The van der Waals surface area contributed by atoms with Crippen LogP contribution in [0.1, 0.15) is 30.3 Å². The summed E-state index contributed by atoms with van der Waals surface area (Å²) in [6.45, 7) is 3.22. The molecule has 0 aliphatic carbocycles. The Labute approximate surface area is 170 Å². The highest BCUT2D eigenvalue weighted by Crippen LogP contribution is 2.44. The van der Waals surface area contributed by atoms with Crippen molar-refractivity contribution in [3.05, 3.63) is 47.5 Å². The lowest BCUT2D eigenvalue weighted by atomic mass is 9.81. The number of hydrogen-bond acceptors (Lipinski definition) is 7. The molecule has 3 rings (SSSR count). The Balaban J connectivity index is 1.90. The molecule has 4 atom stereocenters. The number of aliphatic hydroxyl groups excluding tert-OH is 1. The Bertz CT molecular complexity index is 823. The van der Waals surface area contributed by atoms with Gasteiger partial charge >= 0.3 is 0 Å². The second kappa shape index (κ2) is 9.35. The molecule has 0 amide bonds. The zero-order valence-electron chi connectivity index (χ0n) is 16.9. The quantitative estimate of drug-likeness (QED) is 0.622. The van der Waals surface area contributed by atoms with Crippen LogP contribution in [0.15, 0.2) is 36.4 Å². The van der Waals surface area contributed by atoms with Crippen molar-refractivity contribution in [1.82, 2.24) is 0 Å². The molecule has 2 aromatic carbocycles. The first kappa shape index (κ1) is 21.2. The minimum atomic E-state index is -0.820.